The summed E-state index contributed by atoms with van der Waals surface area (Å²) in [6.07, 6.45) is 0.543. The summed E-state index contributed by atoms with van der Waals surface area (Å²) in [5, 5.41) is 0.440. The molecule has 2 aliphatic heterocycles. The molecule has 5 rings (SSSR count). The molecule has 0 unspecified atom stereocenters. The van der Waals surface area contributed by atoms with Crippen molar-refractivity contribution in [2.24, 2.45) is 0 Å². The van der Waals surface area contributed by atoms with E-state index in [2.05, 4.69) is 0 Å². The summed E-state index contributed by atoms with van der Waals surface area (Å²) in [4.78, 5) is 27.2. The van der Waals surface area contributed by atoms with E-state index < -0.39 is 27.9 Å². The molecular formula is C24H19ClN2O4S. The second-order valence-corrected chi connectivity index (χ2v) is 10.1. The highest BCUT2D eigenvalue weighted by molar-refractivity contribution is 7.89. The maximum Gasteiger partial charge on any atom is 0.261 e. The van der Waals surface area contributed by atoms with E-state index in [1.165, 1.54) is 28.6 Å². The summed E-state index contributed by atoms with van der Waals surface area (Å²) in [7, 11) is -3.89. The number of rotatable bonds is 4. The van der Waals surface area contributed by atoms with E-state index in [0.29, 0.717) is 22.6 Å². The van der Waals surface area contributed by atoms with E-state index in [1.807, 2.05) is 24.3 Å². The van der Waals surface area contributed by atoms with Crippen LogP contribution in [0, 0.1) is 0 Å². The van der Waals surface area contributed by atoms with Crippen LogP contribution in [0.15, 0.2) is 77.7 Å². The van der Waals surface area contributed by atoms with Gasteiger partial charge in [-0.25, -0.2) is 8.42 Å². The van der Waals surface area contributed by atoms with Crippen molar-refractivity contribution >= 4 is 33.4 Å². The summed E-state index contributed by atoms with van der Waals surface area (Å²) < 4.78 is 28.5. The minimum Gasteiger partial charge on any atom is -0.272 e. The van der Waals surface area contributed by atoms with Crippen LogP contribution in [0.2, 0.25) is 5.02 Å². The van der Waals surface area contributed by atoms with Crippen molar-refractivity contribution < 1.29 is 18.0 Å². The van der Waals surface area contributed by atoms with Crippen LogP contribution >= 0.6 is 11.6 Å². The van der Waals surface area contributed by atoms with Gasteiger partial charge >= 0.3 is 0 Å². The molecule has 32 heavy (non-hydrogen) atoms. The molecule has 3 aromatic carbocycles. The van der Waals surface area contributed by atoms with Crippen LogP contribution in [0.25, 0.3) is 0 Å². The number of carbonyl (C=O) groups is 2. The molecule has 0 fully saturated rings. The van der Waals surface area contributed by atoms with Crippen molar-refractivity contribution in [3.8, 4) is 0 Å². The highest BCUT2D eigenvalue weighted by atomic mass is 35.5. The number of nitrogens with zero attached hydrogens (tertiary/aromatic N) is 2. The molecular weight excluding hydrogens is 448 g/mol. The van der Waals surface area contributed by atoms with Crippen LogP contribution in [-0.2, 0) is 16.4 Å². The van der Waals surface area contributed by atoms with E-state index in [4.69, 9.17) is 11.6 Å². The van der Waals surface area contributed by atoms with Gasteiger partial charge in [0.2, 0.25) is 10.0 Å². The lowest BCUT2D eigenvalue weighted by Crippen LogP contribution is -2.46. The lowest BCUT2D eigenvalue weighted by Gasteiger charge is -2.37. The molecule has 0 N–H and O–H groups in total. The third kappa shape index (κ3) is 3.33. The Kier molecular flexibility index (Phi) is 5.12. The van der Waals surface area contributed by atoms with E-state index in [1.54, 1.807) is 24.3 Å². The molecule has 8 heteroatoms. The lowest BCUT2D eigenvalue weighted by atomic mass is 9.94. The molecule has 0 aromatic heterocycles. The molecule has 2 aliphatic rings. The molecule has 2 heterocycles. The number of imide groups is 1. The molecule has 0 aliphatic carbocycles. The summed E-state index contributed by atoms with van der Waals surface area (Å²) in [5.41, 5.74) is 2.49. The lowest BCUT2D eigenvalue weighted by molar-refractivity contribution is 0.0616. The Labute approximate surface area is 191 Å². The Bertz CT molecular complexity index is 1300. The minimum absolute atomic E-state index is 0.0593. The fourth-order valence-electron chi connectivity index (χ4n) is 4.43. The first-order chi connectivity index (χ1) is 15.4. The van der Waals surface area contributed by atoms with E-state index >= 15 is 0 Å². The second-order valence-electron chi connectivity index (χ2n) is 7.80. The van der Waals surface area contributed by atoms with Gasteiger partial charge in [-0.15, -0.1) is 0 Å². The molecule has 3 aromatic rings. The highest BCUT2D eigenvalue weighted by Gasteiger charge is 2.42. The predicted molar refractivity (Wildman–Crippen MR) is 120 cm³/mol. The number of hydrogen-bond acceptors (Lipinski definition) is 4. The first kappa shape index (κ1) is 20.9. The Hall–Kier alpha value is -3.00. The molecule has 0 saturated heterocycles. The topological polar surface area (TPSA) is 74.8 Å². The quantitative estimate of drug-likeness (QED) is 0.546. The first-order valence-electron chi connectivity index (χ1n) is 10.2. The monoisotopic (exact) mass is 466 g/mol. The van der Waals surface area contributed by atoms with Gasteiger partial charge in [-0.2, -0.15) is 4.31 Å². The van der Waals surface area contributed by atoms with Crippen molar-refractivity contribution in [2.45, 2.75) is 17.4 Å². The predicted octanol–water partition coefficient (Wildman–Crippen LogP) is 3.92. The number of carbonyl (C=O) groups excluding carboxylic acids is 2. The molecule has 0 radical (unpaired) electrons. The fraction of sp³-hybridized carbons (Fsp3) is 0.167. The molecule has 0 bridgehead atoms. The maximum absolute atomic E-state index is 13.6. The number of amides is 2. The van der Waals surface area contributed by atoms with Gasteiger partial charge in [0, 0.05) is 11.6 Å². The van der Waals surface area contributed by atoms with Crippen LogP contribution in [-0.4, -0.2) is 42.5 Å². The first-order valence-corrected chi connectivity index (χ1v) is 12.0. The number of benzene rings is 3. The number of fused-ring (bicyclic) bond motifs is 2. The molecule has 6 nitrogen and oxygen atoms in total. The van der Waals surface area contributed by atoms with Crippen LogP contribution in [0.3, 0.4) is 0 Å². The van der Waals surface area contributed by atoms with Crippen molar-refractivity contribution in [1.29, 1.82) is 0 Å². The zero-order chi connectivity index (χ0) is 22.5. The Morgan fingerprint density at radius 3 is 2.09 bits per heavy atom. The van der Waals surface area contributed by atoms with Crippen LogP contribution in [0.4, 0.5) is 0 Å². The van der Waals surface area contributed by atoms with Crippen molar-refractivity contribution in [3.63, 3.8) is 0 Å². The average molecular weight is 467 g/mol. The van der Waals surface area contributed by atoms with Gasteiger partial charge in [0.15, 0.2) is 0 Å². The van der Waals surface area contributed by atoms with Gasteiger partial charge in [0.1, 0.15) is 0 Å². The highest BCUT2D eigenvalue weighted by Crippen LogP contribution is 2.36. The second kappa shape index (κ2) is 7.85. The van der Waals surface area contributed by atoms with Gasteiger partial charge < -0.3 is 0 Å². The number of halogens is 1. The zero-order valence-corrected chi connectivity index (χ0v) is 18.5. The van der Waals surface area contributed by atoms with Crippen LogP contribution < -0.4 is 0 Å². The fourth-order valence-corrected chi connectivity index (χ4v) is 6.15. The third-order valence-corrected chi connectivity index (χ3v) is 8.19. The SMILES string of the molecule is O=C1c2ccccc2C(=O)N1C[C@@H]1c2ccccc2CCN1S(=O)(=O)c1ccc(Cl)cc1. The largest absolute Gasteiger partial charge is 0.272 e. The van der Waals surface area contributed by atoms with Crippen LogP contribution in [0.1, 0.15) is 37.9 Å². The Balaban J connectivity index is 1.56. The van der Waals surface area contributed by atoms with Crippen molar-refractivity contribution in [1.82, 2.24) is 9.21 Å². The van der Waals surface area contributed by atoms with Crippen molar-refractivity contribution in [2.75, 3.05) is 13.1 Å². The van der Waals surface area contributed by atoms with Crippen molar-refractivity contribution in [3.05, 3.63) is 100 Å². The summed E-state index contributed by atoms with van der Waals surface area (Å²) in [6, 6.07) is 19.5. The number of sulfonamides is 1. The van der Waals surface area contributed by atoms with Crippen LogP contribution in [0.5, 0.6) is 0 Å². The standard InChI is InChI=1S/C24H19ClN2O4S/c25-17-9-11-18(12-10-17)32(30,31)27-14-13-16-5-1-2-6-19(16)22(27)15-26-23(28)20-7-3-4-8-21(20)24(26)29/h1-12,22H,13-15H2/t22-/m1/s1. The van der Waals surface area contributed by atoms with Gasteiger partial charge in [-0.3, -0.25) is 14.5 Å². The summed E-state index contributed by atoms with van der Waals surface area (Å²) in [5.74, 6) is -0.810. The van der Waals surface area contributed by atoms with Gasteiger partial charge in [0.05, 0.1) is 28.6 Å². The normalized spacial score (nSPS) is 18.5. The van der Waals surface area contributed by atoms with Gasteiger partial charge in [-0.1, -0.05) is 48.0 Å². The molecule has 0 spiro atoms. The van der Waals surface area contributed by atoms with E-state index in [0.717, 1.165) is 16.0 Å². The molecule has 162 valence electrons. The van der Waals surface area contributed by atoms with E-state index in [9.17, 15) is 18.0 Å². The van der Waals surface area contributed by atoms with Gasteiger partial charge in [0.25, 0.3) is 11.8 Å². The third-order valence-electron chi connectivity index (χ3n) is 6.02. The summed E-state index contributed by atoms with van der Waals surface area (Å²) >= 11 is 5.94. The van der Waals surface area contributed by atoms with E-state index in [-0.39, 0.29) is 18.0 Å². The Morgan fingerprint density at radius 2 is 1.44 bits per heavy atom. The molecule has 2 amide bonds. The molecule has 0 saturated carbocycles. The average Bonchev–Trinajstić information content (AvgIpc) is 3.04. The number of hydrogen-bond donors (Lipinski definition) is 0. The van der Waals surface area contributed by atoms with Gasteiger partial charge in [-0.05, 0) is 53.9 Å². The summed E-state index contributed by atoms with van der Waals surface area (Å²) in [6.45, 7) is 0.186. The smallest absolute Gasteiger partial charge is 0.261 e. The molecule has 1 atom stereocenters. The minimum atomic E-state index is -3.89. The Morgan fingerprint density at radius 1 is 0.844 bits per heavy atom. The maximum atomic E-state index is 13.6. The zero-order valence-electron chi connectivity index (χ0n) is 16.9.